The molecule has 2 atom stereocenters. The summed E-state index contributed by atoms with van der Waals surface area (Å²) in [5.74, 6) is 2.91. The third-order valence-corrected chi connectivity index (χ3v) is 11.6. The second kappa shape index (κ2) is 12.6. The maximum Gasteiger partial charge on any atom is 0.229 e. The third kappa shape index (κ3) is 6.86. The first kappa shape index (κ1) is 31.8. The Morgan fingerprint density at radius 1 is 1.00 bits per heavy atom. The van der Waals surface area contributed by atoms with Crippen molar-refractivity contribution in [1.82, 2.24) is 14.9 Å². The molecule has 3 aliphatic rings. The molecule has 2 fully saturated rings. The molecule has 2 N–H and O–H groups in total. The van der Waals surface area contributed by atoms with Gasteiger partial charge in [-0.15, -0.1) is 0 Å². The summed E-state index contributed by atoms with van der Waals surface area (Å²) in [5.41, 5.74) is 4.98. The van der Waals surface area contributed by atoms with Gasteiger partial charge in [0, 0.05) is 12.1 Å². The SMILES string of the molecule is Cc1cc(Nc2ncc(Cl)c(Nc3ccccc3S(=O)(=O)C(C)C)n2)c(OC(C)C)cc1C1=C[C@H](C2CC2)N(C)[C@H](C2CC2)C1. The van der Waals surface area contributed by atoms with Crippen molar-refractivity contribution in [2.24, 2.45) is 11.8 Å². The van der Waals surface area contributed by atoms with Crippen molar-refractivity contribution >= 4 is 50.2 Å². The Morgan fingerprint density at radius 3 is 2.38 bits per heavy atom. The standard InChI is InChI=1S/C35H44ClN5O3S/c1-20(2)44-32-18-26(25-16-30(23-11-12-23)41(6)31(17-25)24-13-14-24)22(5)15-29(32)39-35-37-19-27(36)34(40-35)38-28-9-7-8-10-33(28)45(42,43)21(3)4/h7-10,15-16,18-21,23-24,30-31H,11-14,17H2,1-6H3,(H2,37,38,39,40)/t30-,31+/m1/s1. The van der Waals surface area contributed by atoms with Gasteiger partial charge in [0.15, 0.2) is 15.7 Å². The molecule has 1 aromatic heterocycles. The van der Waals surface area contributed by atoms with Crippen LogP contribution in [0.3, 0.4) is 0 Å². The predicted molar refractivity (Wildman–Crippen MR) is 183 cm³/mol. The lowest BCUT2D eigenvalue weighted by Gasteiger charge is -2.39. The van der Waals surface area contributed by atoms with Crippen molar-refractivity contribution in [1.29, 1.82) is 0 Å². The van der Waals surface area contributed by atoms with Gasteiger partial charge in [0.2, 0.25) is 5.95 Å². The van der Waals surface area contributed by atoms with Gasteiger partial charge in [0.1, 0.15) is 10.8 Å². The number of hydrogen-bond acceptors (Lipinski definition) is 8. The highest BCUT2D eigenvalue weighted by Crippen LogP contribution is 2.48. The molecule has 2 aromatic carbocycles. The molecule has 0 radical (unpaired) electrons. The van der Waals surface area contributed by atoms with Gasteiger partial charge < -0.3 is 15.4 Å². The Balaban J connectivity index is 1.31. The summed E-state index contributed by atoms with van der Waals surface area (Å²) < 4.78 is 32.4. The van der Waals surface area contributed by atoms with Crippen LogP contribution < -0.4 is 15.4 Å². The number of likely N-dealkylation sites (N-methyl/N-ethyl adjacent to an activating group) is 1. The van der Waals surface area contributed by atoms with E-state index in [9.17, 15) is 8.42 Å². The van der Waals surface area contributed by atoms with E-state index in [2.05, 4.69) is 57.7 Å². The lowest BCUT2D eigenvalue weighted by atomic mass is 9.85. The molecule has 3 aromatic rings. The molecule has 0 unspecified atom stereocenters. The average molecular weight is 650 g/mol. The number of ether oxygens (including phenoxy) is 1. The highest BCUT2D eigenvalue weighted by Gasteiger charge is 2.43. The predicted octanol–water partition coefficient (Wildman–Crippen LogP) is 8.17. The van der Waals surface area contributed by atoms with E-state index in [0.29, 0.717) is 29.5 Å². The van der Waals surface area contributed by atoms with E-state index in [4.69, 9.17) is 16.3 Å². The second-order valence-electron chi connectivity index (χ2n) is 13.4. The molecule has 2 heterocycles. The van der Waals surface area contributed by atoms with Crippen LogP contribution in [0.4, 0.5) is 23.1 Å². The molecular weight excluding hydrogens is 606 g/mol. The number of para-hydroxylation sites is 1. The van der Waals surface area contributed by atoms with E-state index in [1.807, 2.05) is 13.8 Å². The first-order valence-corrected chi connectivity index (χ1v) is 18.0. The normalized spacial score (nSPS) is 20.8. The fraction of sp³-hybridized carbons (Fsp3) is 0.486. The number of aromatic nitrogens is 2. The number of benzene rings is 2. The molecular formula is C35H44ClN5O3S. The highest BCUT2D eigenvalue weighted by molar-refractivity contribution is 7.92. The van der Waals surface area contributed by atoms with Crippen LogP contribution in [-0.4, -0.2) is 53.8 Å². The minimum absolute atomic E-state index is 0.0335. The molecule has 0 saturated heterocycles. The number of aryl methyl sites for hydroxylation is 1. The maximum atomic E-state index is 13.0. The van der Waals surface area contributed by atoms with Crippen molar-refractivity contribution < 1.29 is 13.2 Å². The van der Waals surface area contributed by atoms with Crippen LogP contribution in [-0.2, 0) is 9.84 Å². The van der Waals surface area contributed by atoms with Gasteiger partial charge in [-0.3, -0.25) is 4.90 Å². The molecule has 0 spiro atoms. The van der Waals surface area contributed by atoms with Crippen LogP contribution in [0.1, 0.15) is 70.9 Å². The summed E-state index contributed by atoms with van der Waals surface area (Å²) in [6, 6.07) is 12.1. The van der Waals surface area contributed by atoms with E-state index in [1.165, 1.54) is 43.0 Å². The fourth-order valence-corrected chi connectivity index (χ4v) is 7.73. The van der Waals surface area contributed by atoms with Gasteiger partial charge in [0.05, 0.1) is 33.8 Å². The van der Waals surface area contributed by atoms with E-state index in [1.54, 1.807) is 38.1 Å². The molecule has 6 rings (SSSR count). The number of sulfone groups is 1. The molecule has 8 nitrogen and oxygen atoms in total. The van der Waals surface area contributed by atoms with Crippen molar-refractivity contribution in [3.05, 3.63) is 64.8 Å². The summed E-state index contributed by atoms with van der Waals surface area (Å²) in [6.45, 7) is 9.52. The number of anilines is 4. The lowest BCUT2D eigenvalue weighted by molar-refractivity contribution is 0.160. The van der Waals surface area contributed by atoms with Crippen LogP contribution in [0.25, 0.3) is 5.57 Å². The lowest BCUT2D eigenvalue weighted by Crippen LogP contribution is -2.44. The number of halogens is 1. The maximum absolute atomic E-state index is 13.0. The van der Waals surface area contributed by atoms with Crippen molar-refractivity contribution in [3.63, 3.8) is 0 Å². The molecule has 45 heavy (non-hydrogen) atoms. The summed E-state index contributed by atoms with van der Waals surface area (Å²) in [7, 11) is -1.21. The fourth-order valence-electron chi connectivity index (χ4n) is 6.39. The Hall–Kier alpha value is -3.14. The molecule has 0 amide bonds. The highest BCUT2D eigenvalue weighted by atomic mass is 35.5. The zero-order chi connectivity index (χ0) is 32.0. The monoisotopic (exact) mass is 649 g/mol. The Kier molecular flexibility index (Phi) is 8.89. The van der Waals surface area contributed by atoms with Crippen molar-refractivity contribution in [2.75, 3.05) is 17.7 Å². The van der Waals surface area contributed by atoms with Crippen molar-refractivity contribution in [3.8, 4) is 5.75 Å². The second-order valence-corrected chi connectivity index (χ2v) is 16.2. The molecule has 2 saturated carbocycles. The van der Waals surface area contributed by atoms with E-state index in [-0.39, 0.29) is 16.0 Å². The molecule has 240 valence electrons. The minimum Gasteiger partial charge on any atom is -0.489 e. The third-order valence-electron chi connectivity index (χ3n) is 9.16. The smallest absolute Gasteiger partial charge is 0.229 e. The van der Waals surface area contributed by atoms with Crippen LogP contribution in [0.15, 0.2) is 53.6 Å². The number of nitrogens with zero attached hydrogens (tertiary/aromatic N) is 3. The first-order valence-electron chi connectivity index (χ1n) is 16.1. The number of nitrogens with one attached hydrogen (secondary N) is 2. The van der Waals surface area contributed by atoms with Gasteiger partial charge in [-0.05, 0) is 127 Å². The van der Waals surface area contributed by atoms with E-state index in [0.717, 1.165) is 35.3 Å². The van der Waals surface area contributed by atoms with Gasteiger partial charge >= 0.3 is 0 Å². The quantitative estimate of drug-likeness (QED) is 0.215. The van der Waals surface area contributed by atoms with E-state index < -0.39 is 15.1 Å². The van der Waals surface area contributed by atoms with Crippen LogP contribution in [0.2, 0.25) is 5.02 Å². The zero-order valence-corrected chi connectivity index (χ0v) is 28.5. The number of rotatable bonds is 11. The van der Waals surface area contributed by atoms with Crippen LogP contribution in [0.5, 0.6) is 5.75 Å². The van der Waals surface area contributed by atoms with Gasteiger partial charge in [-0.25, -0.2) is 13.4 Å². The van der Waals surface area contributed by atoms with Crippen LogP contribution >= 0.6 is 11.6 Å². The molecule has 0 bridgehead atoms. The van der Waals surface area contributed by atoms with Crippen LogP contribution in [0, 0.1) is 18.8 Å². The molecule has 10 heteroatoms. The molecule has 2 aliphatic carbocycles. The summed E-state index contributed by atoms with van der Waals surface area (Å²) in [6.07, 6.45) is 10.3. The Bertz CT molecular complexity index is 1720. The summed E-state index contributed by atoms with van der Waals surface area (Å²) in [5, 5.41) is 6.18. The topological polar surface area (TPSA) is 96.5 Å². The summed E-state index contributed by atoms with van der Waals surface area (Å²) in [4.78, 5) is 11.9. The van der Waals surface area contributed by atoms with Gasteiger partial charge in [0.25, 0.3) is 0 Å². The van der Waals surface area contributed by atoms with E-state index >= 15 is 0 Å². The average Bonchev–Trinajstić information content (AvgIpc) is 3.90. The first-order chi connectivity index (χ1) is 21.4. The zero-order valence-electron chi connectivity index (χ0n) is 27.0. The number of hydrogen-bond donors (Lipinski definition) is 2. The Morgan fingerprint density at radius 2 is 1.71 bits per heavy atom. The largest absolute Gasteiger partial charge is 0.489 e. The Labute approximate surface area is 272 Å². The van der Waals surface area contributed by atoms with Crippen molar-refractivity contribution in [2.45, 2.75) is 95.1 Å². The van der Waals surface area contributed by atoms with Gasteiger partial charge in [-0.2, -0.15) is 4.98 Å². The summed E-state index contributed by atoms with van der Waals surface area (Å²) >= 11 is 6.50. The minimum atomic E-state index is -3.54. The van der Waals surface area contributed by atoms with Gasteiger partial charge in [-0.1, -0.05) is 29.8 Å². The molecule has 1 aliphatic heterocycles.